The summed E-state index contributed by atoms with van der Waals surface area (Å²) in [7, 11) is 0. The molecule has 2 aromatic carbocycles. The molecule has 3 aromatic rings. The second kappa shape index (κ2) is 6.14. The van der Waals surface area contributed by atoms with Gasteiger partial charge < -0.3 is 5.32 Å². The maximum atomic E-state index is 11.2. The van der Waals surface area contributed by atoms with E-state index in [4.69, 9.17) is 5.10 Å². The number of nitro groups is 1. The van der Waals surface area contributed by atoms with Crippen LogP contribution in [0.3, 0.4) is 0 Å². The van der Waals surface area contributed by atoms with Crippen molar-refractivity contribution in [2.75, 3.05) is 11.9 Å². The number of halogens is 1. The number of fused-ring (bicyclic) bond motifs is 1. The van der Waals surface area contributed by atoms with Crippen LogP contribution in [0.15, 0.2) is 42.5 Å². The fourth-order valence-corrected chi connectivity index (χ4v) is 3.70. The summed E-state index contributed by atoms with van der Waals surface area (Å²) in [6.07, 6.45) is 0.893. The molecular formula is C18H15IN4O2. The van der Waals surface area contributed by atoms with Crippen LogP contribution in [0.5, 0.6) is 0 Å². The summed E-state index contributed by atoms with van der Waals surface area (Å²) in [6.45, 7) is 2.78. The summed E-state index contributed by atoms with van der Waals surface area (Å²) in [6, 6.07) is 13.1. The Labute approximate surface area is 158 Å². The first-order chi connectivity index (χ1) is 12.0. The van der Waals surface area contributed by atoms with Gasteiger partial charge in [-0.25, -0.2) is 4.68 Å². The molecule has 0 unspecified atom stereocenters. The smallest absolute Gasteiger partial charge is 0.271 e. The van der Waals surface area contributed by atoms with E-state index in [-0.39, 0.29) is 10.6 Å². The number of non-ortho nitro benzene ring substituents is 1. The van der Waals surface area contributed by atoms with Gasteiger partial charge in [0.25, 0.3) is 5.69 Å². The van der Waals surface area contributed by atoms with E-state index in [0.717, 1.165) is 50.4 Å². The number of hydrogen-bond donors (Lipinski definition) is 1. The second-order valence-electron chi connectivity index (χ2n) is 6.00. The van der Waals surface area contributed by atoms with Crippen LogP contribution in [-0.2, 0) is 6.42 Å². The Kier molecular flexibility index (Phi) is 3.95. The monoisotopic (exact) mass is 446 g/mol. The predicted molar refractivity (Wildman–Crippen MR) is 105 cm³/mol. The van der Waals surface area contributed by atoms with Crippen molar-refractivity contribution in [3.8, 4) is 16.9 Å². The van der Waals surface area contributed by atoms with E-state index in [0.29, 0.717) is 0 Å². The average molecular weight is 446 g/mol. The Bertz CT molecular complexity index is 997. The fourth-order valence-electron chi connectivity index (χ4n) is 3.16. The summed E-state index contributed by atoms with van der Waals surface area (Å²) >= 11 is 2.29. The third-order valence-corrected chi connectivity index (χ3v) is 5.05. The van der Waals surface area contributed by atoms with Gasteiger partial charge in [0, 0.05) is 33.4 Å². The van der Waals surface area contributed by atoms with Gasteiger partial charge in [-0.1, -0.05) is 18.2 Å². The van der Waals surface area contributed by atoms with Crippen LogP contribution in [-0.4, -0.2) is 21.2 Å². The molecule has 0 amide bonds. The van der Waals surface area contributed by atoms with Crippen LogP contribution in [0.25, 0.3) is 16.9 Å². The van der Waals surface area contributed by atoms with E-state index < -0.39 is 0 Å². The lowest BCUT2D eigenvalue weighted by Crippen LogP contribution is -2.06. The molecule has 0 spiro atoms. The zero-order chi connectivity index (χ0) is 17.6. The van der Waals surface area contributed by atoms with Gasteiger partial charge in [-0.3, -0.25) is 10.1 Å². The highest BCUT2D eigenvalue weighted by atomic mass is 127. The predicted octanol–water partition coefficient (Wildman–Crippen LogP) is 4.33. The van der Waals surface area contributed by atoms with Crippen molar-refractivity contribution in [3.63, 3.8) is 0 Å². The van der Waals surface area contributed by atoms with E-state index >= 15 is 0 Å². The number of anilines is 1. The van der Waals surface area contributed by atoms with Gasteiger partial charge in [0.15, 0.2) is 0 Å². The third kappa shape index (κ3) is 2.78. The molecular weight excluding hydrogens is 431 g/mol. The molecule has 1 N–H and O–H groups in total. The van der Waals surface area contributed by atoms with Crippen molar-refractivity contribution in [2.45, 2.75) is 13.3 Å². The molecule has 1 aromatic heterocycles. The van der Waals surface area contributed by atoms with Crippen LogP contribution in [0.4, 0.5) is 11.5 Å². The number of aryl methyl sites for hydroxylation is 1. The standard InChI is InChI=1S/C18H15IN4O2/c1-11-5-6-14(23(24)25)10-16(11)22-18-15(7-8-20-18)17(21-22)12-3-2-4-13(19)9-12/h2-6,9-10,20H,7-8H2,1H3. The van der Waals surface area contributed by atoms with Crippen molar-refractivity contribution < 1.29 is 4.92 Å². The largest absolute Gasteiger partial charge is 0.369 e. The molecule has 0 aliphatic carbocycles. The number of nitrogens with one attached hydrogen (secondary N) is 1. The van der Waals surface area contributed by atoms with E-state index in [1.54, 1.807) is 16.8 Å². The number of nitro benzene ring substituents is 1. The number of aromatic nitrogens is 2. The molecule has 0 bridgehead atoms. The molecule has 25 heavy (non-hydrogen) atoms. The molecule has 126 valence electrons. The zero-order valence-electron chi connectivity index (χ0n) is 13.5. The van der Waals surface area contributed by atoms with Gasteiger partial charge >= 0.3 is 0 Å². The molecule has 6 nitrogen and oxygen atoms in total. The summed E-state index contributed by atoms with van der Waals surface area (Å²) in [5.41, 5.74) is 4.90. The highest BCUT2D eigenvalue weighted by Crippen LogP contribution is 2.36. The third-order valence-electron chi connectivity index (χ3n) is 4.38. The summed E-state index contributed by atoms with van der Waals surface area (Å²) in [5.74, 6) is 0.928. The van der Waals surface area contributed by atoms with Crippen molar-refractivity contribution in [1.82, 2.24) is 9.78 Å². The summed E-state index contributed by atoms with van der Waals surface area (Å²) < 4.78 is 2.95. The zero-order valence-corrected chi connectivity index (χ0v) is 15.6. The molecule has 1 aliphatic rings. The van der Waals surface area contributed by atoms with Crippen molar-refractivity contribution in [2.24, 2.45) is 0 Å². The molecule has 0 fully saturated rings. The lowest BCUT2D eigenvalue weighted by molar-refractivity contribution is -0.384. The van der Waals surface area contributed by atoms with E-state index in [1.807, 2.05) is 25.1 Å². The van der Waals surface area contributed by atoms with E-state index in [2.05, 4.69) is 34.0 Å². The van der Waals surface area contributed by atoms with E-state index in [1.165, 1.54) is 6.07 Å². The van der Waals surface area contributed by atoms with Crippen LogP contribution in [0.1, 0.15) is 11.1 Å². The molecule has 0 saturated carbocycles. The molecule has 0 saturated heterocycles. The Morgan fingerprint density at radius 1 is 1.28 bits per heavy atom. The first-order valence-corrected chi connectivity index (χ1v) is 8.99. The number of hydrogen-bond acceptors (Lipinski definition) is 4. The van der Waals surface area contributed by atoms with Gasteiger partial charge in [-0.15, -0.1) is 0 Å². The second-order valence-corrected chi connectivity index (χ2v) is 7.25. The lowest BCUT2D eigenvalue weighted by Gasteiger charge is -2.09. The number of nitrogens with zero attached hydrogens (tertiary/aromatic N) is 3. The van der Waals surface area contributed by atoms with Crippen molar-refractivity contribution in [3.05, 3.63) is 67.3 Å². The molecule has 1 aliphatic heterocycles. The SMILES string of the molecule is Cc1ccc([N+](=O)[O-])cc1-n1nc(-c2cccc(I)c2)c2c1NCC2. The Balaban J connectivity index is 1.92. The highest BCUT2D eigenvalue weighted by molar-refractivity contribution is 14.1. The normalized spacial score (nSPS) is 12.7. The summed E-state index contributed by atoms with van der Waals surface area (Å²) in [5, 5.41) is 19.3. The Hall–Kier alpha value is -2.42. The minimum Gasteiger partial charge on any atom is -0.369 e. The van der Waals surface area contributed by atoms with Crippen LogP contribution >= 0.6 is 22.6 Å². The molecule has 0 radical (unpaired) electrons. The van der Waals surface area contributed by atoms with E-state index in [9.17, 15) is 10.1 Å². The number of benzene rings is 2. The minimum atomic E-state index is -0.374. The Morgan fingerprint density at radius 3 is 2.88 bits per heavy atom. The molecule has 0 atom stereocenters. The fraction of sp³-hybridized carbons (Fsp3) is 0.167. The maximum Gasteiger partial charge on any atom is 0.271 e. The topological polar surface area (TPSA) is 73.0 Å². The maximum absolute atomic E-state index is 11.2. The molecule has 7 heteroatoms. The van der Waals surface area contributed by atoms with Gasteiger partial charge in [0.1, 0.15) is 5.82 Å². The molecule has 4 rings (SSSR count). The average Bonchev–Trinajstić information content (AvgIpc) is 3.17. The van der Waals surface area contributed by atoms with Gasteiger partial charge in [-0.05, 0) is 53.6 Å². The first kappa shape index (κ1) is 16.1. The lowest BCUT2D eigenvalue weighted by atomic mass is 10.1. The summed E-state index contributed by atoms with van der Waals surface area (Å²) in [4.78, 5) is 10.8. The highest BCUT2D eigenvalue weighted by Gasteiger charge is 2.25. The van der Waals surface area contributed by atoms with Crippen molar-refractivity contribution >= 4 is 34.1 Å². The van der Waals surface area contributed by atoms with Crippen LogP contribution in [0.2, 0.25) is 0 Å². The number of rotatable bonds is 3. The minimum absolute atomic E-state index is 0.0682. The van der Waals surface area contributed by atoms with Gasteiger partial charge in [-0.2, -0.15) is 5.10 Å². The van der Waals surface area contributed by atoms with Gasteiger partial charge in [0.05, 0.1) is 16.3 Å². The van der Waals surface area contributed by atoms with Crippen LogP contribution in [0, 0.1) is 20.6 Å². The quantitative estimate of drug-likeness (QED) is 0.370. The van der Waals surface area contributed by atoms with Gasteiger partial charge in [0.2, 0.25) is 0 Å². The van der Waals surface area contributed by atoms with Crippen molar-refractivity contribution in [1.29, 1.82) is 0 Å². The van der Waals surface area contributed by atoms with Crippen LogP contribution < -0.4 is 5.32 Å². The first-order valence-electron chi connectivity index (χ1n) is 7.92. The Morgan fingerprint density at radius 2 is 2.12 bits per heavy atom. The molecule has 2 heterocycles.